The maximum absolute atomic E-state index is 11.7. The molecule has 0 bridgehead atoms. The quantitative estimate of drug-likeness (QED) is 0.716. The molecule has 2 unspecified atom stereocenters. The standard InChI is InChI=1S/C12H20N7O3P/c1-18(2)23(20)21-5-8-3-14-4-9(22-8)19-7-17-10-11(13)15-6-16-12(10)19/h6-9,14,23H,3-5H2,1-2H3,(H2,13,15,16)/t8?,9-/m1/s1. The number of nitrogen functional groups attached to an aromatic ring is 1. The van der Waals surface area contributed by atoms with E-state index in [0.29, 0.717) is 30.1 Å². The van der Waals surface area contributed by atoms with E-state index in [1.807, 2.05) is 4.57 Å². The molecule has 23 heavy (non-hydrogen) atoms. The zero-order chi connectivity index (χ0) is 16.4. The summed E-state index contributed by atoms with van der Waals surface area (Å²) in [6.07, 6.45) is 2.53. The lowest BCUT2D eigenvalue weighted by Crippen LogP contribution is -2.44. The predicted octanol–water partition coefficient (Wildman–Crippen LogP) is -0.137. The maximum atomic E-state index is 11.7. The number of fused-ring (bicyclic) bond motifs is 1. The zero-order valence-electron chi connectivity index (χ0n) is 13.0. The molecule has 0 aromatic carbocycles. The highest BCUT2D eigenvalue weighted by Gasteiger charge is 2.26. The van der Waals surface area contributed by atoms with Crippen LogP contribution in [0.2, 0.25) is 0 Å². The van der Waals surface area contributed by atoms with Crippen LogP contribution >= 0.6 is 8.18 Å². The zero-order valence-corrected chi connectivity index (χ0v) is 14.0. The Morgan fingerprint density at radius 3 is 3.09 bits per heavy atom. The number of ether oxygens (including phenoxy) is 1. The van der Waals surface area contributed by atoms with Crippen LogP contribution in [0, 0.1) is 0 Å². The van der Waals surface area contributed by atoms with Gasteiger partial charge in [-0.3, -0.25) is 9.13 Å². The maximum Gasteiger partial charge on any atom is 0.260 e. The Balaban J connectivity index is 1.70. The van der Waals surface area contributed by atoms with E-state index in [4.69, 9.17) is 15.0 Å². The second-order valence-electron chi connectivity index (χ2n) is 5.43. The fourth-order valence-electron chi connectivity index (χ4n) is 2.32. The molecule has 10 nitrogen and oxygen atoms in total. The Hall–Kier alpha value is -1.58. The Morgan fingerprint density at radius 1 is 1.48 bits per heavy atom. The molecule has 1 aliphatic rings. The van der Waals surface area contributed by atoms with Crippen LogP contribution in [0.1, 0.15) is 6.23 Å². The lowest BCUT2D eigenvalue weighted by molar-refractivity contribution is -0.0893. The van der Waals surface area contributed by atoms with Gasteiger partial charge in [0, 0.05) is 13.1 Å². The molecule has 0 aliphatic carbocycles. The van der Waals surface area contributed by atoms with E-state index in [-0.39, 0.29) is 18.9 Å². The molecule has 3 atom stereocenters. The summed E-state index contributed by atoms with van der Waals surface area (Å²) >= 11 is 0. The van der Waals surface area contributed by atoms with Gasteiger partial charge < -0.3 is 20.3 Å². The Bertz CT molecular complexity index is 707. The van der Waals surface area contributed by atoms with Crippen molar-refractivity contribution in [2.24, 2.45) is 0 Å². The first-order valence-electron chi connectivity index (χ1n) is 7.19. The van der Waals surface area contributed by atoms with Crippen molar-refractivity contribution in [1.29, 1.82) is 0 Å². The first-order valence-corrected chi connectivity index (χ1v) is 8.46. The molecular weight excluding hydrogens is 321 g/mol. The highest BCUT2D eigenvalue weighted by atomic mass is 31.1. The fourth-order valence-corrected chi connectivity index (χ4v) is 2.91. The minimum atomic E-state index is -2.20. The van der Waals surface area contributed by atoms with E-state index in [9.17, 15) is 4.57 Å². The van der Waals surface area contributed by atoms with Crippen molar-refractivity contribution in [3.63, 3.8) is 0 Å². The number of hydrogen-bond acceptors (Lipinski definition) is 8. The number of imidazole rings is 1. The van der Waals surface area contributed by atoms with Crippen LogP contribution in [0.4, 0.5) is 5.82 Å². The molecule has 2 aromatic heterocycles. The fraction of sp³-hybridized carbons (Fsp3) is 0.583. The normalized spacial score (nSPS) is 23.4. The molecule has 0 radical (unpaired) electrons. The number of nitrogens with two attached hydrogens (primary N) is 1. The van der Waals surface area contributed by atoms with Crippen molar-refractivity contribution in [2.75, 3.05) is 39.5 Å². The van der Waals surface area contributed by atoms with Crippen molar-refractivity contribution in [3.8, 4) is 0 Å². The minimum absolute atomic E-state index is 0.209. The number of nitrogens with zero attached hydrogens (tertiary/aromatic N) is 5. The Morgan fingerprint density at radius 2 is 2.30 bits per heavy atom. The average Bonchev–Trinajstić information content (AvgIpc) is 2.98. The highest BCUT2D eigenvalue weighted by Crippen LogP contribution is 2.26. The van der Waals surface area contributed by atoms with Gasteiger partial charge in [-0.2, -0.15) is 0 Å². The predicted molar refractivity (Wildman–Crippen MR) is 85.2 cm³/mol. The Labute approximate surface area is 133 Å². The summed E-state index contributed by atoms with van der Waals surface area (Å²) in [5.74, 6) is 0.335. The molecule has 0 spiro atoms. The van der Waals surface area contributed by atoms with E-state index in [1.165, 1.54) is 6.33 Å². The third-order valence-electron chi connectivity index (χ3n) is 3.50. The third-order valence-corrected chi connectivity index (χ3v) is 4.64. The van der Waals surface area contributed by atoms with Crippen molar-refractivity contribution in [2.45, 2.75) is 12.3 Å². The number of aromatic nitrogens is 4. The van der Waals surface area contributed by atoms with Crippen LogP contribution in [0.3, 0.4) is 0 Å². The number of rotatable bonds is 5. The minimum Gasteiger partial charge on any atom is -0.382 e. The number of anilines is 1. The van der Waals surface area contributed by atoms with E-state index < -0.39 is 8.18 Å². The Kier molecular flexibility index (Phi) is 4.88. The van der Waals surface area contributed by atoms with Crippen LogP contribution in [0.5, 0.6) is 0 Å². The van der Waals surface area contributed by atoms with Crippen molar-refractivity contribution in [1.82, 2.24) is 29.5 Å². The molecule has 1 aliphatic heterocycles. The molecule has 3 heterocycles. The van der Waals surface area contributed by atoms with E-state index in [0.717, 1.165) is 0 Å². The second kappa shape index (κ2) is 6.90. The largest absolute Gasteiger partial charge is 0.382 e. The van der Waals surface area contributed by atoms with Crippen LogP contribution < -0.4 is 11.1 Å². The first kappa shape index (κ1) is 16.3. The summed E-state index contributed by atoms with van der Waals surface area (Å²) < 4.78 is 26.4. The summed E-state index contributed by atoms with van der Waals surface area (Å²) in [5.41, 5.74) is 6.96. The average molecular weight is 341 g/mol. The van der Waals surface area contributed by atoms with Gasteiger partial charge in [0.1, 0.15) is 18.1 Å². The summed E-state index contributed by atoms with van der Waals surface area (Å²) in [6, 6.07) is 0. The van der Waals surface area contributed by atoms with Crippen LogP contribution in [-0.4, -0.2) is 64.1 Å². The molecular formula is C12H20N7O3P. The van der Waals surface area contributed by atoms with E-state index in [1.54, 1.807) is 25.1 Å². The molecule has 3 N–H and O–H groups in total. The smallest absolute Gasteiger partial charge is 0.260 e. The van der Waals surface area contributed by atoms with Gasteiger partial charge in [-0.15, -0.1) is 0 Å². The van der Waals surface area contributed by atoms with Crippen molar-refractivity contribution < 1.29 is 13.8 Å². The summed E-state index contributed by atoms with van der Waals surface area (Å²) in [4.78, 5) is 12.4. The topological polar surface area (TPSA) is 120 Å². The van der Waals surface area contributed by atoms with E-state index >= 15 is 0 Å². The first-order chi connectivity index (χ1) is 11.1. The van der Waals surface area contributed by atoms with E-state index in [2.05, 4.69) is 20.3 Å². The van der Waals surface area contributed by atoms with Crippen LogP contribution in [0.25, 0.3) is 11.2 Å². The van der Waals surface area contributed by atoms with Gasteiger partial charge in [-0.25, -0.2) is 19.6 Å². The van der Waals surface area contributed by atoms with Gasteiger partial charge in [-0.1, -0.05) is 0 Å². The third kappa shape index (κ3) is 3.51. The van der Waals surface area contributed by atoms with Crippen LogP contribution in [0.15, 0.2) is 12.7 Å². The van der Waals surface area contributed by atoms with Gasteiger partial charge in [-0.05, 0) is 14.1 Å². The van der Waals surface area contributed by atoms with Gasteiger partial charge >= 0.3 is 0 Å². The molecule has 3 rings (SSSR count). The monoisotopic (exact) mass is 341 g/mol. The SMILES string of the molecule is CN(C)[PH](=O)OCC1CNC[C@H](n2cnc3c(N)ncnc32)O1. The van der Waals surface area contributed by atoms with Gasteiger partial charge in [0.15, 0.2) is 11.5 Å². The molecule has 126 valence electrons. The molecule has 0 amide bonds. The summed E-state index contributed by atoms with van der Waals surface area (Å²) in [5, 5.41) is 3.27. The molecule has 1 fully saturated rings. The lowest BCUT2D eigenvalue weighted by atomic mass is 10.3. The van der Waals surface area contributed by atoms with Gasteiger partial charge in [0.2, 0.25) is 0 Å². The van der Waals surface area contributed by atoms with Crippen molar-refractivity contribution in [3.05, 3.63) is 12.7 Å². The number of morpholine rings is 1. The van der Waals surface area contributed by atoms with Gasteiger partial charge in [0.25, 0.3) is 8.18 Å². The summed E-state index contributed by atoms with van der Waals surface area (Å²) in [7, 11) is 1.23. The molecule has 2 aromatic rings. The summed E-state index contributed by atoms with van der Waals surface area (Å²) in [6.45, 7) is 1.49. The second-order valence-corrected chi connectivity index (χ2v) is 7.14. The number of hydrogen-bond donors (Lipinski definition) is 2. The molecule has 1 saturated heterocycles. The lowest BCUT2D eigenvalue weighted by Gasteiger charge is -2.31. The highest BCUT2D eigenvalue weighted by molar-refractivity contribution is 7.36. The number of nitrogens with one attached hydrogen (secondary N) is 1. The van der Waals surface area contributed by atoms with Crippen LogP contribution in [-0.2, 0) is 13.8 Å². The van der Waals surface area contributed by atoms with Crippen molar-refractivity contribution >= 4 is 25.2 Å². The molecule has 0 saturated carbocycles. The van der Waals surface area contributed by atoms with Gasteiger partial charge in [0.05, 0.1) is 19.0 Å². The molecule has 11 heteroatoms.